The number of rotatable bonds is 9. The molecular formula is C22H30N3O4+. The number of likely N-dealkylation sites (N-methyl/N-ethyl adjacent to an activating group) is 2. The first-order valence-corrected chi connectivity index (χ1v) is 9.45. The van der Waals surface area contributed by atoms with Crippen LogP contribution >= 0.6 is 0 Å². The average Bonchev–Trinajstić information content (AvgIpc) is 2.69. The van der Waals surface area contributed by atoms with Crippen molar-refractivity contribution in [1.29, 1.82) is 0 Å². The molecule has 0 fully saturated rings. The smallest absolute Gasteiger partial charge is 0.279 e. The van der Waals surface area contributed by atoms with E-state index >= 15 is 0 Å². The van der Waals surface area contributed by atoms with Gasteiger partial charge in [0, 0.05) is 24.8 Å². The number of ether oxygens (including phenoxy) is 2. The molecule has 2 amide bonds. The number of amides is 2. The number of para-hydroxylation sites is 1. The summed E-state index contributed by atoms with van der Waals surface area (Å²) < 4.78 is 10.7. The van der Waals surface area contributed by atoms with Crippen LogP contribution in [-0.4, -0.2) is 58.1 Å². The van der Waals surface area contributed by atoms with Gasteiger partial charge in [0.15, 0.2) is 24.6 Å². The Kier molecular flexibility index (Phi) is 8.03. The lowest BCUT2D eigenvalue weighted by atomic mass is 10.1. The highest BCUT2D eigenvalue weighted by molar-refractivity contribution is 5.91. The normalized spacial score (nSPS) is 11.5. The Morgan fingerprint density at radius 1 is 1.03 bits per heavy atom. The molecule has 7 nitrogen and oxygen atoms in total. The van der Waals surface area contributed by atoms with Gasteiger partial charge in [-0.05, 0) is 25.1 Å². The summed E-state index contributed by atoms with van der Waals surface area (Å²) in [6.07, 6.45) is 0. The highest BCUT2D eigenvalue weighted by Crippen LogP contribution is 2.31. The Labute approximate surface area is 172 Å². The van der Waals surface area contributed by atoms with E-state index in [1.807, 2.05) is 56.4 Å². The summed E-state index contributed by atoms with van der Waals surface area (Å²) in [7, 11) is 6.72. The van der Waals surface area contributed by atoms with Crippen molar-refractivity contribution in [2.45, 2.75) is 13.5 Å². The van der Waals surface area contributed by atoms with Crippen molar-refractivity contribution < 1.29 is 24.0 Å². The van der Waals surface area contributed by atoms with Crippen molar-refractivity contribution in [2.24, 2.45) is 0 Å². The minimum Gasteiger partial charge on any atom is -0.493 e. The van der Waals surface area contributed by atoms with Gasteiger partial charge in [-0.25, -0.2) is 0 Å². The molecule has 2 aromatic rings. The minimum absolute atomic E-state index is 0.0597. The molecule has 2 N–H and O–H groups in total. The zero-order valence-corrected chi connectivity index (χ0v) is 17.7. The third-order valence-electron chi connectivity index (χ3n) is 4.57. The molecular weight excluding hydrogens is 370 g/mol. The lowest BCUT2D eigenvalue weighted by Gasteiger charge is -2.21. The fourth-order valence-electron chi connectivity index (χ4n) is 2.99. The maximum absolute atomic E-state index is 12.6. The van der Waals surface area contributed by atoms with Gasteiger partial charge < -0.3 is 24.6 Å². The van der Waals surface area contributed by atoms with Crippen LogP contribution in [0.3, 0.4) is 0 Å². The summed E-state index contributed by atoms with van der Waals surface area (Å²) in [4.78, 5) is 27.2. The number of benzene rings is 2. The maximum Gasteiger partial charge on any atom is 0.279 e. The summed E-state index contributed by atoms with van der Waals surface area (Å²) in [6.45, 7) is 2.80. The number of hydrogen-bond acceptors (Lipinski definition) is 4. The summed E-state index contributed by atoms with van der Waals surface area (Å²) in [5.41, 5.74) is 2.74. The van der Waals surface area contributed by atoms with Crippen LogP contribution in [0.4, 0.5) is 5.69 Å². The summed E-state index contributed by atoms with van der Waals surface area (Å²) in [5.74, 6) is 1.06. The van der Waals surface area contributed by atoms with Crippen LogP contribution in [0.5, 0.6) is 11.5 Å². The Morgan fingerprint density at radius 2 is 1.72 bits per heavy atom. The van der Waals surface area contributed by atoms with E-state index in [9.17, 15) is 9.59 Å². The van der Waals surface area contributed by atoms with Gasteiger partial charge in [-0.3, -0.25) is 9.59 Å². The Hall–Kier alpha value is -3.06. The largest absolute Gasteiger partial charge is 0.493 e. The predicted octanol–water partition coefficient (Wildman–Crippen LogP) is 1.12. The van der Waals surface area contributed by atoms with Crippen molar-refractivity contribution in [2.75, 3.05) is 46.7 Å². The molecule has 1 unspecified atom stereocenters. The molecule has 0 aliphatic carbocycles. The van der Waals surface area contributed by atoms with Crippen molar-refractivity contribution >= 4 is 17.5 Å². The molecule has 7 heteroatoms. The number of hydrogen-bond donors (Lipinski definition) is 2. The van der Waals surface area contributed by atoms with Crippen LogP contribution in [0.2, 0.25) is 0 Å². The van der Waals surface area contributed by atoms with E-state index in [-0.39, 0.29) is 24.9 Å². The number of carbonyl (C=O) groups is 2. The molecule has 156 valence electrons. The zero-order chi connectivity index (χ0) is 21.4. The van der Waals surface area contributed by atoms with E-state index in [2.05, 4.69) is 5.32 Å². The lowest BCUT2D eigenvalue weighted by Crippen LogP contribution is -3.11. The van der Waals surface area contributed by atoms with E-state index in [1.165, 1.54) is 0 Å². The first-order chi connectivity index (χ1) is 13.8. The topological polar surface area (TPSA) is 72.3 Å². The molecule has 0 aliphatic heterocycles. The van der Waals surface area contributed by atoms with Crippen molar-refractivity contribution in [3.05, 3.63) is 53.6 Å². The number of nitrogens with one attached hydrogen (secondary N) is 2. The fourth-order valence-corrected chi connectivity index (χ4v) is 2.99. The summed E-state index contributed by atoms with van der Waals surface area (Å²) in [6, 6.07) is 13.2. The van der Waals surface area contributed by atoms with Crippen molar-refractivity contribution in [3.63, 3.8) is 0 Å². The van der Waals surface area contributed by atoms with Gasteiger partial charge in [-0.1, -0.05) is 29.8 Å². The number of quaternary nitrogens is 1. The van der Waals surface area contributed by atoms with Gasteiger partial charge in [0.1, 0.15) is 0 Å². The van der Waals surface area contributed by atoms with E-state index in [0.29, 0.717) is 18.0 Å². The molecule has 0 radical (unpaired) electrons. The Bertz CT molecular complexity index is 836. The number of anilines is 1. The molecule has 0 spiro atoms. The lowest BCUT2D eigenvalue weighted by molar-refractivity contribution is -0.862. The maximum atomic E-state index is 12.6. The van der Waals surface area contributed by atoms with Crippen LogP contribution < -0.4 is 19.7 Å². The van der Waals surface area contributed by atoms with Gasteiger partial charge >= 0.3 is 0 Å². The molecule has 2 rings (SSSR count). The Balaban J connectivity index is 1.88. The number of nitrogens with zero attached hydrogens (tertiary/aromatic N) is 1. The molecule has 0 saturated carbocycles. The van der Waals surface area contributed by atoms with Gasteiger partial charge in [-0.15, -0.1) is 0 Å². The molecule has 0 heterocycles. The van der Waals surface area contributed by atoms with E-state index in [1.54, 1.807) is 26.2 Å². The van der Waals surface area contributed by atoms with E-state index < -0.39 is 0 Å². The summed E-state index contributed by atoms with van der Waals surface area (Å²) >= 11 is 0. The van der Waals surface area contributed by atoms with Crippen molar-refractivity contribution in [3.8, 4) is 11.5 Å². The molecule has 0 saturated heterocycles. The van der Waals surface area contributed by atoms with Gasteiger partial charge in [0.25, 0.3) is 11.8 Å². The Morgan fingerprint density at radius 3 is 2.34 bits per heavy atom. The third-order valence-corrected chi connectivity index (χ3v) is 4.57. The molecule has 1 atom stereocenters. The summed E-state index contributed by atoms with van der Waals surface area (Å²) in [5, 5.41) is 2.85. The molecule has 0 aliphatic rings. The van der Waals surface area contributed by atoms with Crippen LogP contribution in [0.25, 0.3) is 0 Å². The third kappa shape index (κ3) is 6.50. The molecule has 0 bridgehead atoms. The first kappa shape index (κ1) is 22.2. The second kappa shape index (κ2) is 10.5. The van der Waals surface area contributed by atoms with Crippen molar-refractivity contribution in [1.82, 2.24) is 4.90 Å². The first-order valence-electron chi connectivity index (χ1n) is 9.45. The average molecular weight is 400 g/mol. The monoisotopic (exact) mass is 400 g/mol. The highest BCUT2D eigenvalue weighted by atomic mass is 16.5. The zero-order valence-electron chi connectivity index (χ0n) is 17.7. The predicted molar refractivity (Wildman–Crippen MR) is 112 cm³/mol. The number of carbonyl (C=O) groups excluding carboxylic acids is 2. The van der Waals surface area contributed by atoms with E-state index in [0.717, 1.165) is 21.7 Å². The van der Waals surface area contributed by atoms with Gasteiger partial charge in [0.05, 0.1) is 21.3 Å². The standard InChI is InChI=1S/C22H29N3O4/c1-16-9-11-18(12-10-16)23-20(26)14-24(2)15-21(27)25(3)13-17-7-6-8-19(28-4)22(17)29-5/h6-12H,13-15H2,1-5H3,(H,23,26)/p+1. The number of aryl methyl sites for hydroxylation is 1. The SMILES string of the molecule is COc1cccc(CN(C)C(=O)C[NH+](C)CC(=O)Nc2ccc(C)cc2)c1OC. The van der Waals surface area contributed by atoms with Gasteiger partial charge in [0.2, 0.25) is 0 Å². The van der Waals surface area contributed by atoms with E-state index in [4.69, 9.17) is 9.47 Å². The van der Waals surface area contributed by atoms with Crippen LogP contribution in [0.1, 0.15) is 11.1 Å². The van der Waals surface area contributed by atoms with Crippen LogP contribution in [0.15, 0.2) is 42.5 Å². The number of methoxy groups -OCH3 is 2. The minimum atomic E-state index is -0.128. The molecule has 29 heavy (non-hydrogen) atoms. The fraction of sp³-hybridized carbons (Fsp3) is 0.364. The van der Waals surface area contributed by atoms with Gasteiger partial charge in [-0.2, -0.15) is 0 Å². The van der Waals surface area contributed by atoms with Crippen LogP contribution in [-0.2, 0) is 16.1 Å². The second-order valence-electron chi connectivity index (χ2n) is 7.13. The quantitative estimate of drug-likeness (QED) is 0.662. The molecule has 2 aromatic carbocycles. The molecule has 0 aromatic heterocycles. The van der Waals surface area contributed by atoms with Crippen LogP contribution in [0, 0.1) is 6.92 Å². The highest BCUT2D eigenvalue weighted by Gasteiger charge is 2.19. The second-order valence-corrected chi connectivity index (χ2v) is 7.13.